The van der Waals surface area contributed by atoms with Crippen LogP contribution in [0.25, 0.3) is 0 Å². The quantitative estimate of drug-likeness (QED) is 0.906. The van der Waals surface area contributed by atoms with Gasteiger partial charge in [-0.05, 0) is 37.1 Å². The number of aromatic nitrogens is 1. The van der Waals surface area contributed by atoms with E-state index in [-0.39, 0.29) is 12.1 Å². The van der Waals surface area contributed by atoms with E-state index in [1.54, 1.807) is 0 Å². The fourth-order valence-electron chi connectivity index (χ4n) is 3.18. The van der Waals surface area contributed by atoms with E-state index in [0.29, 0.717) is 0 Å². The van der Waals surface area contributed by atoms with Crippen LogP contribution in [0.5, 0.6) is 0 Å². The van der Waals surface area contributed by atoms with Gasteiger partial charge < -0.3 is 14.8 Å². The molecule has 0 aliphatic carbocycles. The number of para-hydroxylation sites is 1. The van der Waals surface area contributed by atoms with E-state index < -0.39 is 0 Å². The highest BCUT2D eigenvalue weighted by Gasteiger charge is 2.30. The number of urea groups is 1. The molecule has 1 aliphatic rings. The van der Waals surface area contributed by atoms with E-state index in [4.69, 9.17) is 0 Å². The summed E-state index contributed by atoms with van der Waals surface area (Å²) in [6, 6.07) is 12.3. The Hall–Kier alpha value is -2.23. The first-order chi connectivity index (χ1) is 10.7. The molecule has 2 aromatic rings. The van der Waals surface area contributed by atoms with Crippen LogP contribution < -0.4 is 5.32 Å². The van der Waals surface area contributed by atoms with Crippen LogP contribution in [0.4, 0.5) is 10.5 Å². The number of anilines is 1. The average Bonchev–Trinajstić information content (AvgIpc) is 2.99. The van der Waals surface area contributed by atoms with Gasteiger partial charge >= 0.3 is 6.03 Å². The predicted molar refractivity (Wildman–Crippen MR) is 89.0 cm³/mol. The molecule has 2 amide bonds. The minimum Gasteiger partial charge on any atom is -0.348 e. The predicted octanol–water partition coefficient (Wildman–Crippen LogP) is 4.19. The van der Waals surface area contributed by atoms with Crippen molar-refractivity contribution in [2.75, 3.05) is 11.9 Å². The maximum atomic E-state index is 12.7. The van der Waals surface area contributed by atoms with Gasteiger partial charge in [-0.3, -0.25) is 0 Å². The zero-order chi connectivity index (χ0) is 15.5. The van der Waals surface area contributed by atoms with Crippen LogP contribution in [-0.4, -0.2) is 22.0 Å². The largest absolute Gasteiger partial charge is 0.348 e. The highest BCUT2D eigenvalue weighted by atomic mass is 16.2. The van der Waals surface area contributed by atoms with Gasteiger partial charge in [0.25, 0.3) is 0 Å². The van der Waals surface area contributed by atoms with Crippen molar-refractivity contribution in [1.82, 2.24) is 9.47 Å². The molecule has 4 nitrogen and oxygen atoms in total. The Morgan fingerprint density at radius 3 is 2.82 bits per heavy atom. The molecule has 0 unspecified atom stereocenters. The Balaban J connectivity index is 1.81. The molecular formula is C18H23N3O. The lowest BCUT2D eigenvalue weighted by molar-refractivity contribution is 0.163. The fraction of sp³-hybridized carbons (Fsp3) is 0.389. The van der Waals surface area contributed by atoms with E-state index in [0.717, 1.165) is 37.2 Å². The lowest BCUT2D eigenvalue weighted by atomic mass is 10.0. The molecule has 1 aromatic carbocycles. The highest BCUT2D eigenvalue weighted by Crippen LogP contribution is 2.30. The number of carbonyl (C=O) groups excluding carboxylic acids is 1. The first-order valence-corrected chi connectivity index (χ1v) is 7.99. The van der Waals surface area contributed by atoms with Gasteiger partial charge in [0.15, 0.2) is 0 Å². The summed E-state index contributed by atoms with van der Waals surface area (Å²) < 4.78 is 2.26. The van der Waals surface area contributed by atoms with Crippen molar-refractivity contribution >= 4 is 11.7 Å². The molecule has 1 N–H and O–H groups in total. The van der Waals surface area contributed by atoms with Crippen LogP contribution in [0, 0.1) is 6.92 Å². The molecule has 22 heavy (non-hydrogen) atoms. The summed E-state index contributed by atoms with van der Waals surface area (Å²) in [6.07, 6.45) is 4.16. The Labute approximate surface area is 131 Å². The Bertz CT molecular complexity index is 662. The molecule has 116 valence electrons. The normalized spacial score (nSPS) is 17.2. The minimum atomic E-state index is 0.000185. The van der Waals surface area contributed by atoms with Gasteiger partial charge in [-0.1, -0.05) is 31.5 Å². The number of hydrogen-bond acceptors (Lipinski definition) is 1. The second-order valence-corrected chi connectivity index (χ2v) is 5.87. The summed E-state index contributed by atoms with van der Waals surface area (Å²) in [4.78, 5) is 14.7. The minimum absolute atomic E-state index is 0.000185. The number of fused-ring (bicyclic) bond motifs is 1. The van der Waals surface area contributed by atoms with Crippen molar-refractivity contribution < 1.29 is 4.79 Å². The Morgan fingerprint density at radius 2 is 2.05 bits per heavy atom. The van der Waals surface area contributed by atoms with E-state index in [1.165, 1.54) is 5.69 Å². The van der Waals surface area contributed by atoms with Crippen molar-refractivity contribution in [2.24, 2.45) is 0 Å². The van der Waals surface area contributed by atoms with Crippen LogP contribution in [-0.2, 0) is 6.54 Å². The summed E-state index contributed by atoms with van der Waals surface area (Å²) in [5, 5.41) is 3.07. The molecule has 0 bridgehead atoms. The maximum absolute atomic E-state index is 12.7. The van der Waals surface area contributed by atoms with Gasteiger partial charge in [0, 0.05) is 30.7 Å². The smallest absolute Gasteiger partial charge is 0.322 e. The van der Waals surface area contributed by atoms with Crippen molar-refractivity contribution in [3.8, 4) is 0 Å². The van der Waals surface area contributed by atoms with Crippen molar-refractivity contribution in [3.05, 3.63) is 53.9 Å². The van der Waals surface area contributed by atoms with Crippen molar-refractivity contribution in [2.45, 2.75) is 39.3 Å². The van der Waals surface area contributed by atoms with Gasteiger partial charge in [-0.25, -0.2) is 4.79 Å². The first-order valence-electron chi connectivity index (χ1n) is 7.99. The summed E-state index contributed by atoms with van der Waals surface area (Å²) in [5.41, 5.74) is 3.22. The zero-order valence-electron chi connectivity index (χ0n) is 13.2. The van der Waals surface area contributed by atoms with Crippen LogP contribution >= 0.6 is 0 Å². The van der Waals surface area contributed by atoms with Gasteiger partial charge in [-0.2, -0.15) is 0 Å². The molecule has 1 atom stereocenters. The molecule has 2 heterocycles. The van der Waals surface area contributed by atoms with Gasteiger partial charge in [0.2, 0.25) is 0 Å². The van der Waals surface area contributed by atoms with Crippen molar-refractivity contribution in [3.63, 3.8) is 0 Å². The van der Waals surface area contributed by atoms with Crippen molar-refractivity contribution in [1.29, 1.82) is 0 Å². The zero-order valence-corrected chi connectivity index (χ0v) is 13.2. The molecule has 1 aromatic heterocycles. The van der Waals surface area contributed by atoms with E-state index in [2.05, 4.69) is 35.1 Å². The third-order valence-corrected chi connectivity index (χ3v) is 4.37. The average molecular weight is 297 g/mol. The molecular weight excluding hydrogens is 274 g/mol. The SMILES string of the molecule is CCC[C@@H]1c2cccn2CCN1C(=O)Nc1ccccc1C. The molecule has 0 saturated carbocycles. The second-order valence-electron chi connectivity index (χ2n) is 5.87. The van der Waals surface area contributed by atoms with Gasteiger partial charge in [0.1, 0.15) is 0 Å². The number of benzene rings is 1. The Morgan fingerprint density at radius 1 is 1.23 bits per heavy atom. The molecule has 1 aliphatic heterocycles. The van der Waals surface area contributed by atoms with Gasteiger partial charge in [-0.15, -0.1) is 0 Å². The van der Waals surface area contributed by atoms with Crippen LogP contribution in [0.1, 0.15) is 37.1 Å². The number of hydrogen-bond donors (Lipinski definition) is 1. The molecule has 0 fully saturated rings. The lowest BCUT2D eigenvalue weighted by Crippen LogP contribution is -2.44. The van der Waals surface area contributed by atoms with Crippen LogP contribution in [0.3, 0.4) is 0 Å². The number of amides is 2. The number of nitrogens with one attached hydrogen (secondary N) is 1. The summed E-state index contributed by atoms with van der Waals surface area (Å²) >= 11 is 0. The standard InChI is InChI=1S/C18H23N3O/c1-3-7-17-16-10-6-11-20(16)12-13-21(17)18(22)19-15-9-5-4-8-14(15)2/h4-6,8-11,17H,3,7,12-13H2,1-2H3,(H,19,22)/t17-/m1/s1. The lowest BCUT2D eigenvalue weighted by Gasteiger charge is -2.37. The molecule has 0 saturated heterocycles. The van der Waals surface area contributed by atoms with Gasteiger partial charge in [0.05, 0.1) is 6.04 Å². The summed E-state index contributed by atoms with van der Waals surface area (Å²) in [5.74, 6) is 0. The molecule has 0 spiro atoms. The number of carbonyl (C=O) groups is 1. The monoisotopic (exact) mass is 297 g/mol. The maximum Gasteiger partial charge on any atom is 0.322 e. The summed E-state index contributed by atoms with van der Waals surface area (Å²) in [6.45, 7) is 5.80. The third kappa shape index (κ3) is 2.73. The topological polar surface area (TPSA) is 37.3 Å². The van der Waals surface area contributed by atoms with Crippen LogP contribution in [0.15, 0.2) is 42.6 Å². The second kappa shape index (κ2) is 6.26. The van der Waals surface area contributed by atoms with Crippen LogP contribution in [0.2, 0.25) is 0 Å². The van der Waals surface area contributed by atoms with E-state index in [9.17, 15) is 4.79 Å². The highest BCUT2D eigenvalue weighted by molar-refractivity contribution is 5.90. The third-order valence-electron chi connectivity index (χ3n) is 4.37. The van der Waals surface area contributed by atoms with E-state index in [1.807, 2.05) is 36.1 Å². The first kappa shape index (κ1) is 14.7. The molecule has 0 radical (unpaired) electrons. The molecule has 3 rings (SSSR count). The van der Waals surface area contributed by atoms with E-state index >= 15 is 0 Å². The number of aryl methyl sites for hydroxylation is 1. The fourth-order valence-corrected chi connectivity index (χ4v) is 3.18. The summed E-state index contributed by atoms with van der Waals surface area (Å²) in [7, 11) is 0. The Kier molecular flexibility index (Phi) is 4.18. The molecule has 4 heteroatoms. The number of rotatable bonds is 3. The number of nitrogens with zero attached hydrogens (tertiary/aromatic N) is 2.